The summed E-state index contributed by atoms with van der Waals surface area (Å²) in [4.78, 5) is 52.0. The van der Waals surface area contributed by atoms with Crippen LogP contribution in [0.15, 0.2) is 0 Å². The van der Waals surface area contributed by atoms with Gasteiger partial charge in [0.25, 0.3) is 0 Å². The summed E-state index contributed by atoms with van der Waals surface area (Å²) in [5.41, 5.74) is 0. The smallest absolute Gasteiger partial charge is 0.309 e. The van der Waals surface area contributed by atoms with Crippen LogP contribution >= 0.6 is 0 Å². The van der Waals surface area contributed by atoms with Gasteiger partial charge in [0, 0.05) is 6.42 Å². The van der Waals surface area contributed by atoms with Crippen LogP contribution < -0.4 is 0 Å². The van der Waals surface area contributed by atoms with Crippen molar-refractivity contribution in [3.8, 4) is 0 Å². The molecule has 0 N–H and O–H groups in total. The molecule has 0 bridgehead atoms. The number of epoxide rings is 2. The van der Waals surface area contributed by atoms with Crippen molar-refractivity contribution in [1.29, 1.82) is 0 Å². The van der Waals surface area contributed by atoms with Crippen LogP contribution in [0, 0.1) is 23.7 Å². The van der Waals surface area contributed by atoms with E-state index in [1.165, 1.54) is 64.2 Å². The second-order valence-corrected chi connectivity index (χ2v) is 14.8. The Bertz CT molecular complexity index is 938. The summed E-state index contributed by atoms with van der Waals surface area (Å²) in [6, 6.07) is 0. The Morgan fingerprint density at radius 3 is 0.918 bits per heavy atom. The topological polar surface area (TPSA) is 130 Å². The molecule has 280 valence electrons. The highest BCUT2D eigenvalue weighted by Crippen LogP contribution is 2.45. The van der Waals surface area contributed by atoms with E-state index in [9.17, 15) is 19.2 Å². The maximum Gasteiger partial charge on any atom is 0.309 e. The number of rotatable bonds is 26. The van der Waals surface area contributed by atoms with Crippen molar-refractivity contribution in [3.63, 3.8) is 0 Å². The van der Waals surface area contributed by atoms with Gasteiger partial charge < -0.3 is 28.4 Å². The Labute approximate surface area is 294 Å². The molecule has 0 amide bonds. The van der Waals surface area contributed by atoms with Crippen molar-refractivity contribution in [3.05, 3.63) is 0 Å². The summed E-state index contributed by atoms with van der Waals surface area (Å²) in [5, 5.41) is 0. The lowest BCUT2D eigenvalue weighted by Crippen LogP contribution is -2.38. The van der Waals surface area contributed by atoms with Gasteiger partial charge in [0.2, 0.25) is 0 Å². The van der Waals surface area contributed by atoms with Gasteiger partial charge in [0.1, 0.15) is 0 Å². The molecule has 2 aliphatic carbocycles. The molecule has 0 radical (unpaired) electrons. The van der Waals surface area contributed by atoms with Crippen molar-refractivity contribution in [2.24, 2.45) is 23.7 Å². The lowest BCUT2D eigenvalue weighted by atomic mass is 9.79. The number of fused-ring (bicyclic) bond motifs is 2. The minimum atomic E-state index is -0.594. The molecule has 10 heteroatoms. The van der Waals surface area contributed by atoms with Gasteiger partial charge in [-0.15, -0.1) is 0 Å². The van der Waals surface area contributed by atoms with Gasteiger partial charge >= 0.3 is 23.9 Å². The minimum Gasteiger partial charge on any atom is -0.465 e. The fraction of sp³-hybridized carbons (Fsp3) is 0.897. The van der Waals surface area contributed by atoms with E-state index in [4.69, 9.17) is 28.4 Å². The van der Waals surface area contributed by atoms with Gasteiger partial charge in [-0.3, -0.25) is 19.2 Å². The maximum atomic E-state index is 13.0. The summed E-state index contributed by atoms with van der Waals surface area (Å²) >= 11 is 0. The van der Waals surface area contributed by atoms with Crippen LogP contribution in [0.3, 0.4) is 0 Å². The van der Waals surface area contributed by atoms with E-state index in [2.05, 4.69) is 13.8 Å². The quantitative estimate of drug-likeness (QED) is 0.0391. The van der Waals surface area contributed by atoms with Crippen molar-refractivity contribution < 1.29 is 47.6 Å². The van der Waals surface area contributed by atoms with Gasteiger partial charge in [-0.1, -0.05) is 104 Å². The average molecular weight is 693 g/mol. The molecule has 0 aromatic rings. The summed E-state index contributed by atoms with van der Waals surface area (Å²) in [6.07, 6.45) is 20.9. The number of hydrogen-bond acceptors (Lipinski definition) is 10. The molecule has 2 heterocycles. The Kier molecular flexibility index (Phi) is 17.7. The maximum absolute atomic E-state index is 13.0. The predicted octanol–water partition coefficient (Wildman–Crippen LogP) is 7.42. The molecule has 4 aliphatic rings. The van der Waals surface area contributed by atoms with E-state index in [0.29, 0.717) is 45.3 Å². The number of carbonyl (C=O) groups excluding carboxylic acids is 4. The summed E-state index contributed by atoms with van der Waals surface area (Å²) < 4.78 is 33.5. The Balaban J connectivity index is 1.09. The third-order valence-electron chi connectivity index (χ3n) is 10.8. The highest BCUT2D eigenvalue weighted by molar-refractivity contribution is 5.83. The van der Waals surface area contributed by atoms with Crippen LogP contribution in [-0.4, -0.2) is 74.7 Å². The predicted molar refractivity (Wildman–Crippen MR) is 183 cm³/mol. The first-order chi connectivity index (χ1) is 23.9. The highest BCUT2D eigenvalue weighted by Gasteiger charge is 2.54. The molecular weight excluding hydrogens is 628 g/mol. The molecule has 0 aromatic carbocycles. The molecule has 8 unspecified atom stereocenters. The molecule has 4 fully saturated rings. The SMILES string of the molecule is CCCCCCCCCCOC(=O)C1CC2OC2CC1C(=O)OCCCOC(=O)C1CC2OC2CC1C(=O)OCCCCCCCCCC. The van der Waals surface area contributed by atoms with E-state index < -0.39 is 35.6 Å². The van der Waals surface area contributed by atoms with Crippen molar-refractivity contribution in [1.82, 2.24) is 0 Å². The normalized spacial score (nSPS) is 28.1. The van der Waals surface area contributed by atoms with Crippen LogP contribution in [0.5, 0.6) is 0 Å². The molecule has 2 saturated carbocycles. The average Bonchev–Trinajstić information content (AvgIpc) is 4.04. The van der Waals surface area contributed by atoms with Crippen LogP contribution in [0.2, 0.25) is 0 Å². The molecule has 0 aromatic heterocycles. The lowest BCUT2D eigenvalue weighted by molar-refractivity contribution is -0.164. The van der Waals surface area contributed by atoms with Gasteiger partial charge in [-0.05, 0) is 38.5 Å². The zero-order valence-electron chi connectivity index (χ0n) is 30.4. The van der Waals surface area contributed by atoms with Crippen LogP contribution in [0.4, 0.5) is 0 Å². The van der Waals surface area contributed by atoms with Crippen LogP contribution in [0.25, 0.3) is 0 Å². The minimum absolute atomic E-state index is 0.000701. The number of ether oxygens (including phenoxy) is 6. The number of unbranched alkanes of at least 4 members (excludes halogenated alkanes) is 14. The fourth-order valence-corrected chi connectivity index (χ4v) is 7.54. The van der Waals surface area contributed by atoms with E-state index >= 15 is 0 Å². The monoisotopic (exact) mass is 692 g/mol. The third-order valence-corrected chi connectivity index (χ3v) is 10.8. The molecule has 4 rings (SSSR count). The van der Waals surface area contributed by atoms with Crippen molar-refractivity contribution in [2.75, 3.05) is 26.4 Å². The van der Waals surface area contributed by atoms with Gasteiger partial charge in [-0.2, -0.15) is 0 Å². The largest absolute Gasteiger partial charge is 0.465 e. The number of hydrogen-bond donors (Lipinski definition) is 0. The van der Waals surface area contributed by atoms with Crippen molar-refractivity contribution >= 4 is 23.9 Å². The molecule has 0 spiro atoms. The summed E-state index contributed by atoms with van der Waals surface area (Å²) in [7, 11) is 0. The van der Waals surface area contributed by atoms with Crippen molar-refractivity contribution in [2.45, 2.75) is 173 Å². The zero-order valence-corrected chi connectivity index (χ0v) is 30.4. The number of esters is 4. The fourth-order valence-electron chi connectivity index (χ4n) is 7.54. The third kappa shape index (κ3) is 13.8. The summed E-state index contributed by atoms with van der Waals surface area (Å²) in [6.45, 7) is 5.31. The second kappa shape index (κ2) is 21.9. The molecule has 2 aliphatic heterocycles. The molecule has 10 nitrogen and oxygen atoms in total. The number of carbonyl (C=O) groups is 4. The molecule has 8 atom stereocenters. The first-order valence-electron chi connectivity index (χ1n) is 19.9. The standard InChI is InChI=1S/C39H64O10/c1-3-5-7-9-11-13-15-17-20-44-36(40)28-24-32-34(48-32)26-30(28)38(42)46-22-19-23-47-39(43)31-27-35-33(49-35)25-29(31)37(41)45-21-18-16-14-12-10-8-6-4-2/h28-35H,3-27H2,1-2H3. The first kappa shape index (κ1) is 39.6. The molecule has 49 heavy (non-hydrogen) atoms. The zero-order chi connectivity index (χ0) is 34.8. The van der Waals surface area contributed by atoms with Gasteiger partial charge in [-0.25, -0.2) is 0 Å². The Hall–Kier alpha value is -2.20. The van der Waals surface area contributed by atoms with E-state index in [0.717, 1.165) is 38.5 Å². The Morgan fingerprint density at radius 1 is 0.388 bits per heavy atom. The van der Waals surface area contributed by atoms with Gasteiger partial charge in [0.05, 0.1) is 74.5 Å². The molecular formula is C39H64O10. The van der Waals surface area contributed by atoms with E-state index in [1.54, 1.807) is 0 Å². The first-order valence-corrected chi connectivity index (χ1v) is 19.9. The highest BCUT2D eigenvalue weighted by atomic mass is 16.6. The summed E-state index contributed by atoms with van der Waals surface area (Å²) in [5.74, 6) is -3.85. The van der Waals surface area contributed by atoms with E-state index in [-0.39, 0.29) is 49.6 Å². The van der Waals surface area contributed by atoms with Crippen LogP contribution in [-0.2, 0) is 47.6 Å². The van der Waals surface area contributed by atoms with Gasteiger partial charge in [0.15, 0.2) is 0 Å². The van der Waals surface area contributed by atoms with Crippen LogP contribution in [0.1, 0.15) is 149 Å². The second-order valence-electron chi connectivity index (χ2n) is 14.8. The van der Waals surface area contributed by atoms with E-state index in [1.807, 2.05) is 0 Å². The Morgan fingerprint density at radius 2 is 0.633 bits per heavy atom. The molecule has 2 saturated heterocycles. The lowest BCUT2D eigenvalue weighted by Gasteiger charge is -2.26.